The van der Waals surface area contributed by atoms with E-state index in [1.807, 2.05) is 4.90 Å². The molecule has 38 heavy (non-hydrogen) atoms. The van der Waals surface area contributed by atoms with Gasteiger partial charge in [-0.2, -0.15) is 18.4 Å². The molecule has 2 aromatic heterocycles. The van der Waals surface area contributed by atoms with Crippen LogP contribution >= 0.6 is 0 Å². The van der Waals surface area contributed by atoms with Crippen molar-refractivity contribution in [3.63, 3.8) is 0 Å². The van der Waals surface area contributed by atoms with Crippen LogP contribution in [0, 0.1) is 11.3 Å². The maximum absolute atomic E-state index is 13.4. The van der Waals surface area contributed by atoms with Gasteiger partial charge in [0.2, 0.25) is 0 Å². The predicted molar refractivity (Wildman–Crippen MR) is 135 cm³/mol. The topological polar surface area (TPSA) is 98.0 Å². The van der Waals surface area contributed by atoms with E-state index < -0.39 is 17.3 Å². The summed E-state index contributed by atoms with van der Waals surface area (Å²) in [7, 11) is 0. The molecular formula is C27H26F3N7O. The van der Waals surface area contributed by atoms with E-state index in [-0.39, 0.29) is 5.91 Å². The minimum Gasteiger partial charge on any atom is -0.365 e. The highest BCUT2D eigenvalue weighted by atomic mass is 19.4. The van der Waals surface area contributed by atoms with E-state index >= 15 is 0 Å². The van der Waals surface area contributed by atoms with Crippen LogP contribution in [0.15, 0.2) is 42.9 Å². The van der Waals surface area contributed by atoms with Crippen molar-refractivity contribution in [2.45, 2.75) is 44.8 Å². The predicted octanol–water partition coefficient (Wildman–Crippen LogP) is 5.08. The molecule has 1 amide bonds. The van der Waals surface area contributed by atoms with Gasteiger partial charge < -0.3 is 15.1 Å². The van der Waals surface area contributed by atoms with Crippen molar-refractivity contribution in [3.05, 3.63) is 70.8 Å². The Morgan fingerprint density at radius 2 is 1.79 bits per heavy atom. The van der Waals surface area contributed by atoms with Gasteiger partial charge in [-0.1, -0.05) is 12.8 Å². The second kappa shape index (κ2) is 10.7. The first-order valence-electron chi connectivity index (χ1n) is 12.5. The number of likely N-dealkylation sites (tertiary alicyclic amines) is 1. The molecule has 0 bridgehead atoms. The van der Waals surface area contributed by atoms with Crippen molar-refractivity contribution in [2.24, 2.45) is 0 Å². The quantitative estimate of drug-likeness (QED) is 0.511. The summed E-state index contributed by atoms with van der Waals surface area (Å²) in [4.78, 5) is 29.6. The monoisotopic (exact) mass is 521 g/mol. The minimum atomic E-state index is -4.62. The lowest BCUT2D eigenvalue weighted by Crippen LogP contribution is -2.32. The summed E-state index contributed by atoms with van der Waals surface area (Å²) in [6.07, 6.45) is 3.19. The largest absolute Gasteiger partial charge is 0.417 e. The molecule has 0 saturated carbocycles. The van der Waals surface area contributed by atoms with Gasteiger partial charge in [-0.05, 0) is 49.6 Å². The fourth-order valence-corrected chi connectivity index (χ4v) is 4.92. The molecule has 0 atom stereocenters. The zero-order valence-corrected chi connectivity index (χ0v) is 20.6. The number of amides is 1. The fourth-order valence-electron chi connectivity index (χ4n) is 4.92. The number of hydrogen-bond donors (Lipinski definition) is 1. The molecule has 8 nitrogen and oxygen atoms in total. The highest BCUT2D eigenvalue weighted by Crippen LogP contribution is 2.36. The summed E-state index contributed by atoms with van der Waals surface area (Å²) in [6, 6.07) is 8.85. The molecule has 196 valence electrons. The Kier molecular flexibility index (Phi) is 7.13. The first kappa shape index (κ1) is 25.4. The number of halogens is 3. The number of pyridine rings is 1. The average Bonchev–Trinajstić information content (AvgIpc) is 3.22. The molecule has 4 heterocycles. The van der Waals surface area contributed by atoms with Gasteiger partial charge in [-0.3, -0.25) is 4.79 Å². The maximum Gasteiger partial charge on any atom is 0.417 e. The molecule has 0 unspecified atom stereocenters. The molecule has 0 radical (unpaired) electrons. The van der Waals surface area contributed by atoms with Crippen LogP contribution in [-0.2, 0) is 19.1 Å². The highest BCUT2D eigenvalue weighted by Gasteiger charge is 2.34. The maximum atomic E-state index is 13.4. The van der Waals surface area contributed by atoms with E-state index in [2.05, 4.69) is 20.3 Å². The number of nitrogens with zero attached hydrogens (tertiary/aromatic N) is 6. The van der Waals surface area contributed by atoms with Gasteiger partial charge in [0, 0.05) is 37.1 Å². The van der Waals surface area contributed by atoms with E-state index in [0.717, 1.165) is 50.4 Å². The van der Waals surface area contributed by atoms with Gasteiger partial charge in [0.1, 0.15) is 18.0 Å². The Labute approximate surface area is 218 Å². The summed E-state index contributed by atoms with van der Waals surface area (Å²) in [5, 5.41) is 12.3. The van der Waals surface area contributed by atoms with Crippen molar-refractivity contribution >= 4 is 23.2 Å². The molecule has 1 aromatic carbocycles. The van der Waals surface area contributed by atoms with E-state index in [1.54, 1.807) is 29.3 Å². The smallest absolute Gasteiger partial charge is 0.365 e. The van der Waals surface area contributed by atoms with Crippen molar-refractivity contribution in [2.75, 3.05) is 29.9 Å². The Balaban J connectivity index is 1.30. The molecule has 5 rings (SSSR count). The van der Waals surface area contributed by atoms with Gasteiger partial charge in [-0.15, -0.1) is 0 Å². The lowest BCUT2D eigenvalue weighted by Gasteiger charge is -2.31. The highest BCUT2D eigenvalue weighted by molar-refractivity contribution is 5.94. The van der Waals surface area contributed by atoms with E-state index in [0.29, 0.717) is 48.1 Å². The Morgan fingerprint density at radius 3 is 2.47 bits per heavy atom. The Hall–Kier alpha value is -4.20. The third kappa shape index (κ3) is 5.39. The molecule has 1 saturated heterocycles. The summed E-state index contributed by atoms with van der Waals surface area (Å²) < 4.78 is 40.3. The summed E-state index contributed by atoms with van der Waals surface area (Å²) in [5.74, 6) is 1.09. The van der Waals surface area contributed by atoms with E-state index in [1.165, 1.54) is 18.5 Å². The Morgan fingerprint density at radius 1 is 1.00 bits per heavy atom. The van der Waals surface area contributed by atoms with Crippen molar-refractivity contribution in [1.82, 2.24) is 19.9 Å². The lowest BCUT2D eigenvalue weighted by atomic mass is 10.0. The molecule has 2 aliphatic rings. The first-order chi connectivity index (χ1) is 18.3. The summed E-state index contributed by atoms with van der Waals surface area (Å²) in [5.41, 5.74) is 1.12. The van der Waals surface area contributed by atoms with Crippen LogP contribution in [0.3, 0.4) is 0 Å². The van der Waals surface area contributed by atoms with Crippen LogP contribution in [0.1, 0.15) is 58.4 Å². The van der Waals surface area contributed by atoms with Crippen molar-refractivity contribution in [1.29, 1.82) is 5.26 Å². The van der Waals surface area contributed by atoms with Crippen LogP contribution in [0.5, 0.6) is 0 Å². The molecule has 2 aliphatic heterocycles. The van der Waals surface area contributed by atoms with Crippen molar-refractivity contribution < 1.29 is 18.0 Å². The lowest BCUT2D eigenvalue weighted by molar-refractivity contribution is -0.137. The van der Waals surface area contributed by atoms with E-state index in [9.17, 15) is 18.0 Å². The number of rotatable bonds is 4. The second-order valence-electron chi connectivity index (χ2n) is 9.42. The average molecular weight is 522 g/mol. The fraction of sp³-hybridized carbons (Fsp3) is 0.370. The number of carbonyl (C=O) groups is 1. The molecule has 0 spiro atoms. The minimum absolute atomic E-state index is 0.0121. The third-order valence-electron chi connectivity index (χ3n) is 6.95. The Bertz CT molecular complexity index is 1360. The zero-order valence-electron chi connectivity index (χ0n) is 20.6. The van der Waals surface area contributed by atoms with Gasteiger partial charge in [-0.25, -0.2) is 15.0 Å². The van der Waals surface area contributed by atoms with Crippen LogP contribution in [0.4, 0.5) is 30.5 Å². The number of fused-ring (bicyclic) bond motifs is 1. The second-order valence-corrected chi connectivity index (χ2v) is 9.42. The van der Waals surface area contributed by atoms with E-state index in [4.69, 9.17) is 5.26 Å². The number of benzene rings is 1. The molecule has 0 aliphatic carbocycles. The number of carbonyl (C=O) groups excluding carboxylic acids is 1. The summed E-state index contributed by atoms with van der Waals surface area (Å²) in [6.45, 7) is 2.28. The van der Waals surface area contributed by atoms with Crippen LogP contribution in [0.25, 0.3) is 0 Å². The number of aromatic nitrogens is 3. The number of nitrogens with one attached hydrogen (secondary N) is 1. The van der Waals surface area contributed by atoms with Gasteiger partial charge in [0.25, 0.3) is 5.91 Å². The van der Waals surface area contributed by atoms with Crippen LogP contribution < -0.4 is 10.2 Å². The van der Waals surface area contributed by atoms with Gasteiger partial charge in [0.05, 0.1) is 35.0 Å². The normalized spacial score (nSPS) is 15.8. The SMILES string of the molecule is N#Cc1ccc(N2CCc3c(ncnc3Nc3ccc(C(=O)N4CCCCCC4)cn3)C2)cc1C(F)(F)F. The summed E-state index contributed by atoms with van der Waals surface area (Å²) >= 11 is 0. The standard InChI is InChI=1S/C27H26F3N7O/c28-27(29,30)22-13-20(7-5-18(22)14-31)37-12-9-21-23(16-37)33-17-34-25(21)35-24-8-6-19(15-32-24)26(38)36-10-3-1-2-4-11-36/h5-8,13,15,17H,1-4,9-12,16H2,(H,32,33,34,35). The molecular weight excluding hydrogens is 495 g/mol. The number of alkyl halides is 3. The molecule has 3 aromatic rings. The van der Waals surface area contributed by atoms with Crippen LogP contribution in [0.2, 0.25) is 0 Å². The van der Waals surface area contributed by atoms with Crippen LogP contribution in [-0.4, -0.2) is 45.4 Å². The molecule has 1 fully saturated rings. The van der Waals surface area contributed by atoms with Gasteiger partial charge in [0.15, 0.2) is 0 Å². The molecule has 11 heteroatoms. The molecule has 1 N–H and O–H groups in total. The number of nitriles is 1. The first-order valence-corrected chi connectivity index (χ1v) is 12.5. The third-order valence-corrected chi connectivity index (χ3v) is 6.95. The number of anilines is 3. The van der Waals surface area contributed by atoms with Gasteiger partial charge >= 0.3 is 6.18 Å². The zero-order chi connectivity index (χ0) is 26.7. The van der Waals surface area contributed by atoms with Crippen molar-refractivity contribution in [3.8, 4) is 6.07 Å². The number of hydrogen-bond acceptors (Lipinski definition) is 7.